The standard InChI is InChI=1S/C6H10O.GeH4/c7-6-4-2-1-3-5-6;/h1-5H2;1H4. The molecule has 0 saturated heterocycles. The van der Waals surface area contributed by atoms with Gasteiger partial charge < -0.3 is 0 Å². The van der Waals surface area contributed by atoms with Crippen molar-refractivity contribution in [3.05, 3.63) is 0 Å². The summed E-state index contributed by atoms with van der Waals surface area (Å²) in [5, 5.41) is 0. The number of rotatable bonds is 0. The van der Waals surface area contributed by atoms with Crippen LogP contribution in [0.1, 0.15) is 32.1 Å². The SMILES string of the molecule is O=C1CCCCC1.[GeH4]. The van der Waals surface area contributed by atoms with Crippen LogP contribution in [0.4, 0.5) is 0 Å². The van der Waals surface area contributed by atoms with Crippen LogP contribution in [0.5, 0.6) is 0 Å². The van der Waals surface area contributed by atoms with Gasteiger partial charge in [0, 0.05) is 12.8 Å². The molecule has 1 rings (SSSR count). The molecule has 0 atom stereocenters. The topological polar surface area (TPSA) is 17.1 Å². The first kappa shape index (κ1) is 8.21. The molecule has 1 aliphatic rings. The number of hydrogen-bond donors (Lipinski definition) is 0. The van der Waals surface area contributed by atoms with Crippen molar-refractivity contribution in [2.45, 2.75) is 32.1 Å². The Morgan fingerprint density at radius 2 is 1.50 bits per heavy atom. The average Bonchev–Trinajstić information content (AvgIpc) is 1.69. The van der Waals surface area contributed by atoms with E-state index in [1.165, 1.54) is 6.42 Å². The molecule has 0 aliphatic heterocycles. The molecule has 0 amide bonds. The van der Waals surface area contributed by atoms with Gasteiger partial charge in [-0.25, -0.2) is 0 Å². The van der Waals surface area contributed by atoms with Gasteiger partial charge in [-0.15, -0.1) is 0 Å². The van der Waals surface area contributed by atoms with E-state index >= 15 is 0 Å². The third kappa shape index (κ3) is 2.50. The van der Waals surface area contributed by atoms with Crippen molar-refractivity contribution >= 4 is 23.4 Å². The molecule has 1 saturated carbocycles. The van der Waals surface area contributed by atoms with Gasteiger partial charge >= 0.3 is 17.6 Å². The maximum absolute atomic E-state index is 10.5. The Labute approximate surface area is 60.8 Å². The third-order valence-corrected chi connectivity index (χ3v) is 1.41. The molecular weight excluding hydrogens is 161 g/mol. The van der Waals surface area contributed by atoms with E-state index < -0.39 is 0 Å². The number of ketones is 1. The summed E-state index contributed by atoms with van der Waals surface area (Å²) in [6, 6.07) is 0. The molecule has 48 valence electrons. The number of carbonyl (C=O) groups excluding carboxylic acids is 1. The van der Waals surface area contributed by atoms with Crippen molar-refractivity contribution in [3.8, 4) is 0 Å². The van der Waals surface area contributed by atoms with E-state index in [0.29, 0.717) is 5.78 Å². The molecule has 2 heteroatoms. The van der Waals surface area contributed by atoms with Crippen LogP contribution in [0.3, 0.4) is 0 Å². The Bertz CT molecular complexity index is 72.6. The van der Waals surface area contributed by atoms with Crippen LogP contribution in [0, 0.1) is 0 Å². The fourth-order valence-electron chi connectivity index (χ4n) is 0.946. The summed E-state index contributed by atoms with van der Waals surface area (Å²) in [6.45, 7) is 0. The molecule has 1 fully saturated rings. The summed E-state index contributed by atoms with van der Waals surface area (Å²) in [5.41, 5.74) is 0. The minimum atomic E-state index is 0. The van der Waals surface area contributed by atoms with Gasteiger partial charge in [-0.1, -0.05) is 6.42 Å². The van der Waals surface area contributed by atoms with Crippen LogP contribution in [0.25, 0.3) is 0 Å². The maximum atomic E-state index is 10.5. The summed E-state index contributed by atoms with van der Waals surface area (Å²) in [7, 11) is 0. The Morgan fingerprint density at radius 1 is 1.00 bits per heavy atom. The zero-order valence-corrected chi connectivity index (χ0v) is 4.44. The molecule has 8 heavy (non-hydrogen) atoms. The van der Waals surface area contributed by atoms with E-state index in [9.17, 15) is 4.79 Å². The predicted octanol–water partition coefficient (Wildman–Crippen LogP) is 0.0680. The molecule has 0 bridgehead atoms. The van der Waals surface area contributed by atoms with Gasteiger partial charge in [0.1, 0.15) is 5.78 Å². The van der Waals surface area contributed by atoms with Crippen molar-refractivity contribution in [2.75, 3.05) is 0 Å². The third-order valence-electron chi connectivity index (χ3n) is 1.41. The first-order chi connectivity index (χ1) is 3.39. The fourth-order valence-corrected chi connectivity index (χ4v) is 0.946. The van der Waals surface area contributed by atoms with Crippen LogP contribution in [-0.4, -0.2) is 23.4 Å². The van der Waals surface area contributed by atoms with Gasteiger partial charge in [-0.3, -0.25) is 4.79 Å². The molecule has 0 radical (unpaired) electrons. The van der Waals surface area contributed by atoms with E-state index in [-0.39, 0.29) is 17.6 Å². The van der Waals surface area contributed by atoms with Gasteiger partial charge in [0.15, 0.2) is 0 Å². The second-order valence-electron chi connectivity index (χ2n) is 2.10. The predicted molar refractivity (Wildman–Crippen MR) is 39.4 cm³/mol. The van der Waals surface area contributed by atoms with Gasteiger partial charge in [0.05, 0.1) is 0 Å². The average molecular weight is 175 g/mol. The summed E-state index contributed by atoms with van der Waals surface area (Å²) in [5.74, 6) is 0.464. The Morgan fingerprint density at radius 3 is 1.75 bits per heavy atom. The molecule has 0 aromatic carbocycles. The molecule has 0 heterocycles. The molecular formula is C6H14GeO. The van der Waals surface area contributed by atoms with Crippen molar-refractivity contribution in [1.29, 1.82) is 0 Å². The van der Waals surface area contributed by atoms with Crippen LogP contribution in [-0.2, 0) is 4.79 Å². The van der Waals surface area contributed by atoms with E-state index in [0.717, 1.165) is 25.7 Å². The second kappa shape index (κ2) is 4.13. The fraction of sp³-hybridized carbons (Fsp3) is 0.833. The van der Waals surface area contributed by atoms with E-state index in [1.54, 1.807) is 0 Å². The quantitative estimate of drug-likeness (QED) is 0.476. The first-order valence-corrected chi connectivity index (χ1v) is 2.91. The van der Waals surface area contributed by atoms with Crippen molar-refractivity contribution in [2.24, 2.45) is 0 Å². The first-order valence-electron chi connectivity index (χ1n) is 2.91. The molecule has 1 nitrogen and oxygen atoms in total. The second-order valence-corrected chi connectivity index (χ2v) is 2.10. The van der Waals surface area contributed by atoms with Crippen LogP contribution >= 0.6 is 0 Å². The molecule has 0 N–H and O–H groups in total. The van der Waals surface area contributed by atoms with Gasteiger partial charge in [-0.05, 0) is 12.8 Å². The molecule has 1 aliphatic carbocycles. The van der Waals surface area contributed by atoms with Gasteiger partial charge in [0.25, 0.3) is 0 Å². The number of Topliss-reactive ketones (excluding diaryl/α,β-unsaturated/α-hetero) is 1. The van der Waals surface area contributed by atoms with E-state index in [2.05, 4.69) is 0 Å². The normalized spacial score (nSPS) is 19.8. The summed E-state index contributed by atoms with van der Waals surface area (Å²) < 4.78 is 0. The summed E-state index contributed by atoms with van der Waals surface area (Å²) >= 11 is 0. The van der Waals surface area contributed by atoms with Crippen LogP contribution < -0.4 is 0 Å². The van der Waals surface area contributed by atoms with Gasteiger partial charge in [-0.2, -0.15) is 0 Å². The van der Waals surface area contributed by atoms with Crippen molar-refractivity contribution in [1.82, 2.24) is 0 Å². The van der Waals surface area contributed by atoms with Gasteiger partial charge in [0.2, 0.25) is 0 Å². The zero-order valence-electron chi connectivity index (χ0n) is 4.44. The van der Waals surface area contributed by atoms with E-state index in [1.807, 2.05) is 0 Å². The van der Waals surface area contributed by atoms with Crippen molar-refractivity contribution < 1.29 is 4.79 Å². The molecule has 0 unspecified atom stereocenters. The summed E-state index contributed by atoms with van der Waals surface area (Å²) in [4.78, 5) is 10.5. The van der Waals surface area contributed by atoms with Crippen LogP contribution in [0.15, 0.2) is 0 Å². The monoisotopic (exact) mass is 176 g/mol. The van der Waals surface area contributed by atoms with E-state index in [4.69, 9.17) is 0 Å². The molecule has 0 spiro atoms. The Hall–Kier alpha value is 0.213. The Kier molecular flexibility index (Phi) is 4.24. The summed E-state index contributed by atoms with van der Waals surface area (Å²) in [6.07, 6.45) is 5.24. The minimum absolute atomic E-state index is 0. The molecule has 0 aromatic rings. The number of hydrogen-bond acceptors (Lipinski definition) is 1. The molecule has 0 aromatic heterocycles. The van der Waals surface area contributed by atoms with Crippen LogP contribution in [0.2, 0.25) is 0 Å². The van der Waals surface area contributed by atoms with Crippen molar-refractivity contribution in [3.63, 3.8) is 0 Å². The Balaban J connectivity index is 0.000000490. The zero-order chi connectivity index (χ0) is 5.11. The number of carbonyl (C=O) groups is 1.